The summed E-state index contributed by atoms with van der Waals surface area (Å²) >= 11 is 0. The van der Waals surface area contributed by atoms with Crippen molar-refractivity contribution in [1.29, 1.82) is 0 Å². The summed E-state index contributed by atoms with van der Waals surface area (Å²) in [4.78, 5) is 16.2. The van der Waals surface area contributed by atoms with Crippen LogP contribution in [0.4, 0.5) is 0 Å². The quantitative estimate of drug-likeness (QED) is 0.852. The highest BCUT2D eigenvalue weighted by atomic mass is 16.3. The third-order valence-electron chi connectivity index (χ3n) is 2.85. The maximum absolute atomic E-state index is 12.1. The maximum Gasteiger partial charge on any atom is 0.270 e. The normalized spacial score (nSPS) is 12.1. The molecule has 1 aromatic carbocycles. The summed E-state index contributed by atoms with van der Waals surface area (Å²) in [6.07, 6.45) is 3.68. The molecule has 1 atom stereocenters. The lowest BCUT2D eigenvalue weighted by molar-refractivity contribution is 0.0927. The van der Waals surface area contributed by atoms with Gasteiger partial charge in [0.25, 0.3) is 5.91 Å². The van der Waals surface area contributed by atoms with Gasteiger partial charge in [-0.05, 0) is 25.5 Å². The predicted octanol–water partition coefficient (Wildman–Crippen LogP) is 1.37. The molecule has 1 heterocycles. The van der Waals surface area contributed by atoms with E-state index in [1.54, 1.807) is 10.9 Å². The SMILES string of the molecule is C[C@H](CCO)NC(=O)c1cncn1-c1ccccc1. The highest BCUT2D eigenvalue weighted by molar-refractivity contribution is 5.93. The van der Waals surface area contributed by atoms with Crippen LogP contribution < -0.4 is 5.32 Å². The van der Waals surface area contributed by atoms with Crippen LogP contribution in [0.25, 0.3) is 5.69 Å². The summed E-state index contributed by atoms with van der Waals surface area (Å²) in [7, 11) is 0. The molecule has 2 N–H and O–H groups in total. The van der Waals surface area contributed by atoms with Crippen molar-refractivity contribution in [1.82, 2.24) is 14.9 Å². The number of carbonyl (C=O) groups is 1. The summed E-state index contributed by atoms with van der Waals surface area (Å²) in [6, 6.07) is 9.49. The van der Waals surface area contributed by atoms with Crippen LogP contribution >= 0.6 is 0 Å². The van der Waals surface area contributed by atoms with E-state index < -0.39 is 0 Å². The smallest absolute Gasteiger partial charge is 0.270 e. The molecule has 0 spiro atoms. The number of nitrogens with zero attached hydrogens (tertiary/aromatic N) is 2. The van der Waals surface area contributed by atoms with E-state index in [-0.39, 0.29) is 18.6 Å². The second kappa shape index (κ2) is 6.15. The molecular formula is C14H17N3O2. The number of aliphatic hydroxyl groups is 1. The molecule has 19 heavy (non-hydrogen) atoms. The van der Waals surface area contributed by atoms with Crippen molar-refractivity contribution in [2.75, 3.05) is 6.61 Å². The van der Waals surface area contributed by atoms with Gasteiger partial charge in [0.2, 0.25) is 0 Å². The van der Waals surface area contributed by atoms with Gasteiger partial charge < -0.3 is 10.4 Å². The fourth-order valence-corrected chi connectivity index (χ4v) is 1.82. The number of amides is 1. The van der Waals surface area contributed by atoms with Crippen molar-refractivity contribution < 1.29 is 9.90 Å². The Labute approximate surface area is 111 Å². The van der Waals surface area contributed by atoms with Gasteiger partial charge in [0.15, 0.2) is 0 Å². The molecule has 1 aromatic heterocycles. The summed E-state index contributed by atoms with van der Waals surface area (Å²) < 4.78 is 1.74. The summed E-state index contributed by atoms with van der Waals surface area (Å²) in [5.74, 6) is -0.192. The van der Waals surface area contributed by atoms with E-state index in [0.717, 1.165) is 5.69 Å². The Kier molecular flexibility index (Phi) is 4.30. The molecule has 0 aliphatic heterocycles. The van der Waals surface area contributed by atoms with E-state index in [4.69, 9.17) is 5.11 Å². The van der Waals surface area contributed by atoms with Crippen molar-refractivity contribution in [2.24, 2.45) is 0 Å². The van der Waals surface area contributed by atoms with Crippen molar-refractivity contribution in [2.45, 2.75) is 19.4 Å². The summed E-state index contributed by atoms with van der Waals surface area (Å²) in [5.41, 5.74) is 1.37. The molecule has 0 bridgehead atoms. The first-order valence-electron chi connectivity index (χ1n) is 6.22. The fraction of sp³-hybridized carbons (Fsp3) is 0.286. The highest BCUT2D eigenvalue weighted by Crippen LogP contribution is 2.10. The second-order valence-corrected chi connectivity index (χ2v) is 4.37. The monoisotopic (exact) mass is 259 g/mol. The van der Waals surface area contributed by atoms with E-state index in [1.807, 2.05) is 37.3 Å². The zero-order valence-corrected chi connectivity index (χ0v) is 10.8. The molecule has 0 aliphatic carbocycles. The molecule has 0 unspecified atom stereocenters. The average Bonchev–Trinajstić information content (AvgIpc) is 2.89. The summed E-state index contributed by atoms with van der Waals surface area (Å²) in [6.45, 7) is 1.91. The molecule has 2 aromatic rings. The lowest BCUT2D eigenvalue weighted by Gasteiger charge is -2.13. The van der Waals surface area contributed by atoms with Crippen LogP contribution in [-0.2, 0) is 0 Å². The number of benzene rings is 1. The Morgan fingerprint density at radius 3 is 2.84 bits per heavy atom. The first-order chi connectivity index (χ1) is 9.22. The number of hydrogen-bond donors (Lipinski definition) is 2. The minimum absolute atomic E-state index is 0.0550. The topological polar surface area (TPSA) is 67.2 Å². The molecule has 0 saturated carbocycles. The number of aromatic nitrogens is 2. The maximum atomic E-state index is 12.1. The van der Waals surface area contributed by atoms with Crippen molar-refractivity contribution >= 4 is 5.91 Å². The molecule has 2 rings (SSSR count). The second-order valence-electron chi connectivity index (χ2n) is 4.37. The van der Waals surface area contributed by atoms with Crippen molar-refractivity contribution in [3.63, 3.8) is 0 Å². The van der Waals surface area contributed by atoms with Crippen LogP contribution in [0.3, 0.4) is 0 Å². The molecule has 0 fully saturated rings. The zero-order chi connectivity index (χ0) is 13.7. The van der Waals surface area contributed by atoms with E-state index in [0.29, 0.717) is 12.1 Å². The Morgan fingerprint density at radius 2 is 2.16 bits per heavy atom. The van der Waals surface area contributed by atoms with Gasteiger partial charge >= 0.3 is 0 Å². The van der Waals surface area contributed by atoms with E-state index in [9.17, 15) is 4.79 Å². The van der Waals surface area contributed by atoms with Crippen LogP contribution in [0.15, 0.2) is 42.9 Å². The number of imidazole rings is 1. The van der Waals surface area contributed by atoms with Gasteiger partial charge in [-0.3, -0.25) is 9.36 Å². The third kappa shape index (κ3) is 3.20. The van der Waals surface area contributed by atoms with Gasteiger partial charge in [-0.15, -0.1) is 0 Å². The number of hydrogen-bond acceptors (Lipinski definition) is 3. The summed E-state index contributed by atoms with van der Waals surface area (Å²) in [5, 5.41) is 11.7. The molecule has 1 amide bonds. The van der Waals surface area contributed by atoms with Crippen molar-refractivity contribution in [3.8, 4) is 5.69 Å². The zero-order valence-electron chi connectivity index (χ0n) is 10.8. The molecule has 0 aliphatic rings. The minimum atomic E-state index is -0.192. The molecule has 100 valence electrons. The van der Waals surface area contributed by atoms with Gasteiger partial charge in [0.05, 0.1) is 12.5 Å². The fourth-order valence-electron chi connectivity index (χ4n) is 1.82. The van der Waals surface area contributed by atoms with Crippen LogP contribution in [-0.4, -0.2) is 33.2 Å². The Morgan fingerprint density at radius 1 is 1.42 bits per heavy atom. The lowest BCUT2D eigenvalue weighted by Crippen LogP contribution is -2.34. The Bertz CT molecular complexity index is 537. The predicted molar refractivity (Wildman–Crippen MR) is 72.2 cm³/mol. The van der Waals surface area contributed by atoms with Gasteiger partial charge in [-0.2, -0.15) is 0 Å². The average molecular weight is 259 g/mol. The molecule has 5 heteroatoms. The van der Waals surface area contributed by atoms with Gasteiger partial charge in [-0.25, -0.2) is 4.98 Å². The number of nitrogens with one attached hydrogen (secondary N) is 1. The lowest BCUT2D eigenvalue weighted by atomic mass is 10.2. The van der Waals surface area contributed by atoms with Crippen LogP contribution in [0.5, 0.6) is 0 Å². The first-order valence-corrected chi connectivity index (χ1v) is 6.22. The van der Waals surface area contributed by atoms with Crippen LogP contribution in [0.1, 0.15) is 23.8 Å². The van der Waals surface area contributed by atoms with Crippen LogP contribution in [0.2, 0.25) is 0 Å². The number of carbonyl (C=O) groups excluding carboxylic acids is 1. The molecule has 0 radical (unpaired) electrons. The highest BCUT2D eigenvalue weighted by Gasteiger charge is 2.14. The van der Waals surface area contributed by atoms with Gasteiger partial charge in [0.1, 0.15) is 5.69 Å². The Balaban J connectivity index is 2.18. The third-order valence-corrected chi connectivity index (χ3v) is 2.85. The van der Waals surface area contributed by atoms with E-state index in [1.165, 1.54) is 6.20 Å². The van der Waals surface area contributed by atoms with Crippen LogP contribution in [0, 0.1) is 0 Å². The number of para-hydroxylation sites is 1. The minimum Gasteiger partial charge on any atom is -0.396 e. The molecule has 0 saturated heterocycles. The first kappa shape index (κ1) is 13.3. The van der Waals surface area contributed by atoms with Crippen molar-refractivity contribution in [3.05, 3.63) is 48.5 Å². The van der Waals surface area contributed by atoms with Gasteiger partial charge in [0, 0.05) is 18.3 Å². The van der Waals surface area contributed by atoms with E-state index >= 15 is 0 Å². The largest absolute Gasteiger partial charge is 0.396 e. The molecular weight excluding hydrogens is 242 g/mol. The Hall–Kier alpha value is -2.14. The number of rotatable bonds is 5. The van der Waals surface area contributed by atoms with Gasteiger partial charge in [-0.1, -0.05) is 18.2 Å². The van der Waals surface area contributed by atoms with E-state index in [2.05, 4.69) is 10.3 Å². The molecule has 5 nitrogen and oxygen atoms in total. The standard InChI is InChI=1S/C14H17N3O2/c1-11(7-8-18)16-14(19)13-9-15-10-17(13)12-5-3-2-4-6-12/h2-6,9-11,18H,7-8H2,1H3,(H,16,19)/t11-/m1/s1. The number of aliphatic hydroxyl groups excluding tert-OH is 1.